The first-order valence-electron chi connectivity index (χ1n) is 9.02. The lowest BCUT2D eigenvalue weighted by Gasteiger charge is -2.23. The van der Waals surface area contributed by atoms with Crippen LogP contribution in [-0.2, 0) is 14.8 Å². The average Bonchev–Trinajstić information content (AvgIpc) is 3.16. The van der Waals surface area contributed by atoms with Gasteiger partial charge in [-0.3, -0.25) is 9.10 Å². The van der Waals surface area contributed by atoms with Gasteiger partial charge in [0.05, 0.1) is 11.9 Å². The van der Waals surface area contributed by atoms with Gasteiger partial charge in [0.2, 0.25) is 15.9 Å². The summed E-state index contributed by atoms with van der Waals surface area (Å²) in [5.41, 5.74) is 3.29. The van der Waals surface area contributed by atoms with E-state index >= 15 is 0 Å². The van der Waals surface area contributed by atoms with Crippen LogP contribution in [0.1, 0.15) is 18.4 Å². The number of sulfonamides is 1. The van der Waals surface area contributed by atoms with Crippen LogP contribution in [0.2, 0.25) is 0 Å². The van der Waals surface area contributed by atoms with Gasteiger partial charge in [0.25, 0.3) is 0 Å². The number of amides is 1. The Hall–Kier alpha value is -2.54. The van der Waals surface area contributed by atoms with Crippen LogP contribution in [0, 0.1) is 6.92 Å². The molecule has 1 aliphatic heterocycles. The third-order valence-electron chi connectivity index (χ3n) is 4.63. The second kappa shape index (κ2) is 8.00. The van der Waals surface area contributed by atoms with E-state index in [0.29, 0.717) is 11.4 Å². The van der Waals surface area contributed by atoms with Gasteiger partial charge in [0.15, 0.2) is 0 Å². The fraction of sp³-hybridized carbons (Fsp3) is 0.350. The van der Waals surface area contributed by atoms with Crippen LogP contribution in [-0.4, -0.2) is 40.2 Å². The predicted octanol–water partition coefficient (Wildman–Crippen LogP) is 3.00. The van der Waals surface area contributed by atoms with Gasteiger partial charge >= 0.3 is 0 Å². The van der Waals surface area contributed by atoms with Gasteiger partial charge in [-0.05, 0) is 56.2 Å². The van der Waals surface area contributed by atoms with Crippen molar-refractivity contribution >= 4 is 33.0 Å². The molecule has 3 rings (SSSR count). The molecule has 0 saturated carbocycles. The highest BCUT2D eigenvalue weighted by Gasteiger charge is 2.21. The zero-order valence-electron chi connectivity index (χ0n) is 15.7. The minimum atomic E-state index is -3.59. The van der Waals surface area contributed by atoms with Crippen LogP contribution in [0.25, 0.3) is 0 Å². The van der Waals surface area contributed by atoms with Crippen molar-refractivity contribution in [3.05, 3.63) is 54.1 Å². The van der Waals surface area contributed by atoms with Crippen molar-refractivity contribution in [1.82, 2.24) is 0 Å². The molecular weight excluding hydrogens is 362 g/mol. The molecule has 1 saturated heterocycles. The number of hydrogen-bond acceptors (Lipinski definition) is 4. The van der Waals surface area contributed by atoms with Crippen molar-refractivity contribution in [3.63, 3.8) is 0 Å². The van der Waals surface area contributed by atoms with Gasteiger partial charge in [0.1, 0.15) is 6.54 Å². The fourth-order valence-corrected chi connectivity index (χ4v) is 4.03. The Morgan fingerprint density at radius 3 is 2.19 bits per heavy atom. The molecule has 1 aliphatic rings. The SMILES string of the molecule is Cc1ccc(NC(=O)CN(c2ccc(N3CCCC3)cc2)S(C)(=O)=O)cc1. The molecule has 6 nitrogen and oxygen atoms in total. The lowest BCUT2D eigenvalue weighted by atomic mass is 10.2. The summed E-state index contributed by atoms with van der Waals surface area (Å²) in [4.78, 5) is 14.7. The van der Waals surface area contributed by atoms with Crippen molar-refractivity contribution in [1.29, 1.82) is 0 Å². The molecule has 2 aromatic carbocycles. The Bertz CT molecular complexity index is 887. The molecular formula is C20H25N3O3S. The lowest BCUT2D eigenvalue weighted by Crippen LogP contribution is -2.37. The maximum atomic E-state index is 12.4. The summed E-state index contributed by atoms with van der Waals surface area (Å²) in [7, 11) is -3.59. The molecule has 1 heterocycles. The molecule has 144 valence electrons. The quantitative estimate of drug-likeness (QED) is 0.827. The van der Waals surface area contributed by atoms with Crippen molar-refractivity contribution < 1.29 is 13.2 Å². The summed E-state index contributed by atoms with van der Waals surface area (Å²) in [6.07, 6.45) is 3.47. The number of rotatable bonds is 6. The van der Waals surface area contributed by atoms with Crippen LogP contribution >= 0.6 is 0 Å². The third kappa shape index (κ3) is 5.01. The van der Waals surface area contributed by atoms with Crippen LogP contribution < -0.4 is 14.5 Å². The Labute approximate surface area is 160 Å². The average molecular weight is 388 g/mol. The molecule has 0 atom stereocenters. The Kier molecular flexibility index (Phi) is 5.70. The van der Waals surface area contributed by atoms with Gasteiger partial charge in [-0.15, -0.1) is 0 Å². The van der Waals surface area contributed by atoms with E-state index in [1.54, 1.807) is 24.3 Å². The molecule has 7 heteroatoms. The van der Waals surface area contributed by atoms with Crippen LogP contribution in [0.3, 0.4) is 0 Å². The molecule has 0 bridgehead atoms. The topological polar surface area (TPSA) is 69.7 Å². The molecule has 0 radical (unpaired) electrons. The summed E-state index contributed by atoms with van der Waals surface area (Å²) < 4.78 is 25.6. The maximum Gasteiger partial charge on any atom is 0.245 e. The smallest absolute Gasteiger partial charge is 0.245 e. The van der Waals surface area contributed by atoms with Crippen molar-refractivity contribution in [3.8, 4) is 0 Å². The first-order valence-corrected chi connectivity index (χ1v) is 10.9. The van der Waals surface area contributed by atoms with Crippen molar-refractivity contribution in [2.24, 2.45) is 0 Å². The number of carbonyl (C=O) groups is 1. The highest BCUT2D eigenvalue weighted by Crippen LogP contribution is 2.25. The zero-order chi connectivity index (χ0) is 19.4. The van der Waals surface area contributed by atoms with E-state index in [-0.39, 0.29) is 12.5 Å². The molecule has 27 heavy (non-hydrogen) atoms. The number of carbonyl (C=O) groups excluding carboxylic acids is 1. The minimum Gasteiger partial charge on any atom is -0.372 e. The van der Waals surface area contributed by atoms with Gasteiger partial charge in [-0.2, -0.15) is 0 Å². The largest absolute Gasteiger partial charge is 0.372 e. The zero-order valence-corrected chi connectivity index (χ0v) is 16.5. The van der Waals surface area contributed by atoms with Gasteiger partial charge < -0.3 is 10.2 Å². The van der Waals surface area contributed by atoms with Crippen LogP contribution in [0.4, 0.5) is 17.1 Å². The summed E-state index contributed by atoms with van der Waals surface area (Å²) in [6.45, 7) is 3.74. The van der Waals surface area contributed by atoms with E-state index in [9.17, 15) is 13.2 Å². The van der Waals surface area contributed by atoms with Crippen LogP contribution in [0.5, 0.6) is 0 Å². The third-order valence-corrected chi connectivity index (χ3v) is 5.77. The summed E-state index contributed by atoms with van der Waals surface area (Å²) in [5.74, 6) is -0.382. The Morgan fingerprint density at radius 2 is 1.63 bits per heavy atom. The first-order chi connectivity index (χ1) is 12.8. The summed E-state index contributed by atoms with van der Waals surface area (Å²) >= 11 is 0. The minimum absolute atomic E-state index is 0.268. The van der Waals surface area contributed by atoms with E-state index in [1.165, 1.54) is 12.8 Å². The normalized spacial score (nSPS) is 14.2. The number of benzene rings is 2. The number of nitrogens with one attached hydrogen (secondary N) is 1. The van der Waals surface area contributed by atoms with Crippen molar-refractivity contribution in [2.45, 2.75) is 19.8 Å². The first kappa shape index (κ1) is 19.2. The van der Waals surface area contributed by atoms with E-state index in [2.05, 4.69) is 10.2 Å². The summed E-state index contributed by atoms with van der Waals surface area (Å²) in [6, 6.07) is 14.7. The number of nitrogens with zero attached hydrogens (tertiary/aromatic N) is 2. The fourth-order valence-electron chi connectivity index (χ4n) is 3.17. The monoisotopic (exact) mass is 387 g/mol. The molecule has 0 spiro atoms. The lowest BCUT2D eigenvalue weighted by molar-refractivity contribution is -0.114. The second-order valence-electron chi connectivity index (χ2n) is 6.89. The van der Waals surface area contributed by atoms with E-state index < -0.39 is 10.0 Å². The number of anilines is 3. The van der Waals surface area contributed by atoms with Gasteiger partial charge in [-0.1, -0.05) is 17.7 Å². The van der Waals surface area contributed by atoms with Gasteiger partial charge in [-0.25, -0.2) is 8.42 Å². The van der Waals surface area contributed by atoms with E-state index in [1.807, 2.05) is 31.2 Å². The van der Waals surface area contributed by atoms with E-state index in [0.717, 1.165) is 34.9 Å². The highest BCUT2D eigenvalue weighted by molar-refractivity contribution is 7.92. The molecule has 1 amide bonds. The molecule has 2 aromatic rings. The molecule has 1 fully saturated rings. The number of hydrogen-bond donors (Lipinski definition) is 1. The highest BCUT2D eigenvalue weighted by atomic mass is 32.2. The predicted molar refractivity (Wildman–Crippen MR) is 110 cm³/mol. The number of aryl methyl sites for hydroxylation is 1. The second-order valence-corrected chi connectivity index (χ2v) is 8.80. The molecule has 0 unspecified atom stereocenters. The van der Waals surface area contributed by atoms with Crippen molar-refractivity contribution in [2.75, 3.05) is 40.4 Å². The maximum absolute atomic E-state index is 12.4. The van der Waals surface area contributed by atoms with E-state index in [4.69, 9.17) is 0 Å². The Morgan fingerprint density at radius 1 is 1.04 bits per heavy atom. The molecule has 0 aromatic heterocycles. The standard InChI is InChI=1S/C20H25N3O3S/c1-16-5-7-17(8-6-16)21-20(24)15-23(27(2,25)26)19-11-9-18(10-12-19)22-13-3-4-14-22/h5-12H,3-4,13-15H2,1-2H3,(H,21,24). The Balaban J connectivity index is 1.73. The summed E-state index contributed by atoms with van der Waals surface area (Å²) in [5, 5.41) is 2.74. The molecule has 0 aliphatic carbocycles. The van der Waals surface area contributed by atoms with Gasteiger partial charge in [0, 0.05) is 24.5 Å². The molecule has 1 N–H and O–H groups in total. The van der Waals surface area contributed by atoms with Crippen LogP contribution in [0.15, 0.2) is 48.5 Å².